The molecule has 1 saturated carbocycles. The first-order valence-corrected chi connectivity index (χ1v) is 15.5. The highest BCUT2D eigenvalue weighted by atomic mass is 32.1. The lowest BCUT2D eigenvalue weighted by molar-refractivity contribution is -0.165. The van der Waals surface area contributed by atoms with Crippen LogP contribution in [0.1, 0.15) is 35.7 Å². The Kier molecular flexibility index (Phi) is 5.85. The number of hydrogen-bond acceptors (Lipinski definition) is 10. The van der Waals surface area contributed by atoms with Crippen molar-refractivity contribution in [2.75, 3.05) is 56.2 Å². The molecule has 0 bridgehead atoms. The first kappa shape index (κ1) is 26.6. The normalized spacial score (nSPS) is 22.5. The fraction of sp³-hybridized carbons (Fsp3) is 0.452. The van der Waals surface area contributed by atoms with Gasteiger partial charge in [-0.15, -0.1) is 0 Å². The zero-order chi connectivity index (χ0) is 29.5. The highest BCUT2D eigenvalue weighted by molar-refractivity contribution is 7.16. The van der Waals surface area contributed by atoms with E-state index in [4.69, 9.17) is 19.8 Å². The highest BCUT2D eigenvalue weighted by Crippen LogP contribution is 2.46. The molecule has 4 aromatic rings. The van der Waals surface area contributed by atoms with Crippen molar-refractivity contribution in [2.24, 2.45) is 5.41 Å². The van der Waals surface area contributed by atoms with Gasteiger partial charge in [-0.1, -0.05) is 41.2 Å². The van der Waals surface area contributed by atoms with Crippen LogP contribution in [0.25, 0.3) is 22.3 Å². The summed E-state index contributed by atoms with van der Waals surface area (Å²) < 4.78 is 7.35. The molecule has 3 aromatic heterocycles. The number of carbonyl (C=O) groups excluding carboxylic acids is 1. The van der Waals surface area contributed by atoms with Gasteiger partial charge in [-0.05, 0) is 25.8 Å². The Balaban J connectivity index is 1.06. The number of aliphatic hydroxyl groups is 1. The molecule has 11 nitrogen and oxygen atoms in total. The van der Waals surface area contributed by atoms with E-state index in [-0.39, 0.29) is 17.9 Å². The minimum absolute atomic E-state index is 0.0548. The third kappa shape index (κ3) is 4.29. The summed E-state index contributed by atoms with van der Waals surface area (Å²) in [7, 11) is 1.99. The molecule has 3 saturated heterocycles. The number of nitriles is 1. The van der Waals surface area contributed by atoms with Gasteiger partial charge in [-0.25, -0.2) is 14.6 Å². The molecule has 4 aliphatic rings. The van der Waals surface area contributed by atoms with Crippen LogP contribution in [-0.4, -0.2) is 87.7 Å². The molecule has 1 atom stereocenters. The Morgan fingerprint density at radius 1 is 1.21 bits per heavy atom. The van der Waals surface area contributed by atoms with Gasteiger partial charge < -0.3 is 24.5 Å². The van der Waals surface area contributed by atoms with Gasteiger partial charge in [0.1, 0.15) is 22.5 Å². The number of ether oxygens (including phenoxy) is 1. The predicted molar refractivity (Wildman–Crippen MR) is 162 cm³/mol. The second-order valence-electron chi connectivity index (χ2n) is 12.6. The van der Waals surface area contributed by atoms with E-state index in [1.54, 1.807) is 4.90 Å². The quantitative estimate of drug-likeness (QED) is 0.355. The molecule has 1 aliphatic carbocycles. The molecule has 6 heterocycles. The van der Waals surface area contributed by atoms with Crippen molar-refractivity contribution >= 4 is 44.9 Å². The molecule has 0 radical (unpaired) electrons. The highest BCUT2D eigenvalue weighted by Gasteiger charge is 2.56. The van der Waals surface area contributed by atoms with Gasteiger partial charge in [0.15, 0.2) is 16.4 Å². The van der Waals surface area contributed by atoms with Crippen LogP contribution in [0.4, 0.5) is 16.6 Å². The predicted octanol–water partition coefficient (Wildman–Crippen LogP) is 3.64. The van der Waals surface area contributed by atoms with Gasteiger partial charge in [0.2, 0.25) is 0 Å². The number of anilines is 3. The van der Waals surface area contributed by atoms with Gasteiger partial charge in [0.25, 0.3) is 5.91 Å². The lowest BCUT2D eigenvalue weighted by Crippen LogP contribution is -2.74. The van der Waals surface area contributed by atoms with E-state index in [0.717, 1.165) is 59.1 Å². The molecular weight excluding hydrogens is 564 g/mol. The number of nitrogens with zero attached hydrogens (tertiary/aromatic N) is 8. The monoisotopic (exact) mass is 596 g/mol. The number of pyridine rings is 1. The van der Waals surface area contributed by atoms with E-state index < -0.39 is 5.60 Å². The van der Waals surface area contributed by atoms with E-state index in [2.05, 4.69) is 21.7 Å². The van der Waals surface area contributed by atoms with Crippen molar-refractivity contribution < 1.29 is 14.6 Å². The van der Waals surface area contributed by atoms with E-state index in [1.165, 1.54) is 11.3 Å². The minimum Gasteiger partial charge on any atom is -0.378 e. The number of carbonyl (C=O) groups is 1. The van der Waals surface area contributed by atoms with Crippen LogP contribution in [0, 0.1) is 23.7 Å². The number of likely N-dealkylation sites (tertiary alicyclic amines) is 1. The van der Waals surface area contributed by atoms with Gasteiger partial charge in [-0.2, -0.15) is 10.4 Å². The molecule has 1 aromatic carbocycles. The van der Waals surface area contributed by atoms with Crippen LogP contribution in [0.5, 0.6) is 0 Å². The maximum Gasteiger partial charge on any atom is 0.257 e. The summed E-state index contributed by atoms with van der Waals surface area (Å²) in [6.45, 7) is 5.53. The third-order valence-electron chi connectivity index (χ3n) is 9.21. The van der Waals surface area contributed by atoms with Crippen LogP contribution >= 0.6 is 11.3 Å². The number of hydrogen-bond donors (Lipinski definition) is 1. The number of aryl methyl sites for hydroxylation is 1. The fourth-order valence-corrected chi connectivity index (χ4v) is 7.49. The second kappa shape index (κ2) is 9.47. The van der Waals surface area contributed by atoms with Crippen molar-refractivity contribution in [3.63, 3.8) is 0 Å². The minimum atomic E-state index is -1.36. The molecule has 8 rings (SSSR count). The summed E-state index contributed by atoms with van der Waals surface area (Å²) >= 11 is 1.39. The Bertz CT molecular complexity index is 1780. The zero-order valence-electron chi connectivity index (χ0n) is 24.2. The molecule has 12 heteroatoms. The summed E-state index contributed by atoms with van der Waals surface area (Å²) in [5, 5.41) is 27.1. The summed E-state index contributed by atoms with van der Waals surface area (Å²) in [6, 6.07) is 12.9. The molecule has 1 spiro atoms. The number of rotatable bonds is 6. The lowest BCUT2D eigenvalue weighted by Gasteiger charge is -2.61. The van der Waals surface area contributed by atoms with Crippen LogP contribution < -0.4 is 9.80 Å². The maximum atomic E-state index is 12.8. The Morgan fingerprint density at radius 3 is 2.65 bits per heavy atom. The average Bonchev–Trinajstić information content (AvgIpc) is 3.38. The standard InChI is InChI=1S/C31H32N8O3S/c1-19-3-5-20(6-4-19)25-24(12-32)43-29(34-25)36(2)27-23-11-22(13-33-26(23)35-39(27)21-7-8-21)37-14-30(15-37)16-38(17-30)28(40)31(41)9-10-42-18-31/h3-6,11,13,21,41H,7-10,14-18H2,1-2H3/t31-/m1/s1. The van der Waals surface area contributed by atoms with Gasteiger partial charge >= 0.3 is 0 Å². The van der Waals surface area contributed by atoms with Crippen LogP contribution in [0.3, 0.4) is 0 Å². The first-order chi connectivity index (χ1) is 20.8. The van der Waals surface area contributed by atoms with Gasteiger partial charge in [0.05, 0.1) is 36.5 Å². The van der Waals surface area contributed by atoms with E-state index in [1.807, 2.05) is 49.3 Å². The Morgan fingerprint density at radius 2 is 1.98 bits per heavy atom. The van der Waals surface area contributed by atoms with Crippen molar-refractivity contribution in [2.45, 2.75) is 37.8 Å². The summed E-state index contributed by atoms with van der Waals surface area (Å²) in [5.74, 6) is 0.729. The van der Waals surface area contributed by atoms with Crippen LogP contribution in [0.2, 0.25) is 0 Å². The molecule has 1 amide bonds. The second-order valence-corrected chi connectivity index (χ2v) is 13.6. The number of fused-ring (bicyclic) bond motifs is 1. The number of aromatic nitrogens is 4. The van der Waals surface area contributed by atoms with Crippen molar-refractivity contribution in [1.29, 1.82) is 5.26 Å². The van der Waals surface area contributed by atoms with Crippen LogP contribution in [0.15, 0.2) is 36.5 Å². The molecular formula is C31H32N8O3S. The van der Waals surface area contributed by atoms with Crippen molar-refractivity contribution in [3.8, 4) is 17.3 Å². The summed E-state index contributed by atoms with van der Waals surface area (Å²) in [4.78, 5) is 29.2. The maximum absolute atomic E-state index is 12.8. The molecule has 43 heavy (non-hydrogen) atoms. The SMILES string of the molecule is Cc1ccc(-c2nc(N(C)c3c4cc(N5CC6(CN(C(=O)[C@@]7(O)CCOC7)C6)C5)cnc4nn3C3CC3)sc2C#N)cc1. The molecule has 1 N–H and O–H groups in total. The van der Waals surface area contributed by atoms with Crippen LogP contribution in [-0.2, 0) is 9.53 Å². The zero-order valence-corrected chi connectivity index (χ0v) is 25.0. The first-order valence-electron chi connectivity index (χ1n) is 14.7. The topological polar surface area (TPSA) is 124 Å². The third-order valence-corrected chi connectivity index (χ3v) is 10.2. The largest absolute Gasteiger partial charge is 0.378 e. The van der Waals surface area contributed by atoms with Gasteiger partial charge in [-0.3, -0.25) is 4.79 Å². The number of thiazole rings is 1. The fourth-order valence-electron chi connectivity index (χ4n) is 6.64. The van der Waals surface area contributed by atoms with Crippen molar-refractivity contribution in [1.82, 2.24) is 24.6 Å². The molecule has 220 valence electrons. The smallest absolute Gasteiger partial charge is 0.257 e. The number of amides is 1. The molecule has 4 fully saturated rings. The van der Waals surface area contributed by atoms with Gasteiger partial charge in [0, 0.05) is 50.6 Å². The molecule has 3 aliphatic heterocycles. The summed E-state index contributed by atoms with van der Waals surface area (Å²) in [5.41, 5.74) is 3.18. The summed E-state index contributed by atoms with van der Waals surface area (Å²) in [6.07, 6.45) is 4.39. The Hall–Kier alpha value is -4.05. The van der Waals surface area contributed by atoms with E-state index in [9.17, 15) is 15.2 Å². The average molecular weight is 597 g/mol. The van der Waals surface area contributed by atoms with E-state index in [0.29, 0.717) is 48.4 Å². The lowest BCUT2D eigenvalue weighted by atomic mass is 9.72. The Labute approximate surface area is 252 Å². The molecule has 0 unspecified atom stereocenters. The van der Waals surface area contributed by atoms with E-state index >= 15 is 0 Å². The number of benzene rings is 1. The van der Waals surface area contributed by atoms with Crippen molar-refractivity contribution in [3.05, 3.63) is 47.0 Å².